The van der Waals surface area contributed by atoms with E-state index in [4.69, 9.17) is 16.7 Å². The van der Waals surface area contributed by atoms with Gasteiger partial charge in [0, 0.05) is 15.7 Å². The third kappa shape index (κ3) is 5.17. The lowest BCUT2D eigenvalue weighted by Gasteiger charge is -2.07. The minimum atomic E-state index is -3.68. The zero-order valence-electron chi connectivity index (χ0n) is 11.9. The van der Waals surface area contributed by atoms with Gasteiger partial charge in [-0.15, -0.1) is 0 Å². The zero-order chi connectivity index (χ0) is 17.0. The highest BCUT2D eigenvalue weighted by Gasteiger charge is 2.08. The molecule has 0 radical (unpaired) electrons. The van der Waals surface area contributed by atoms with Crippen molar-refractivity contribution in [3.63, 3.8) is 0 Å². The summed E-state index contributed by atoms with van der Waals surface area (Å²) in [6, 6.07) is 11.3. The molecule has 0 bridgehead atoms. The van der Waals surface area contributed by atoms with Crippen molar-refractivity contribution in [1.29, 1.82) is 0 Å². The number of hydrogen-bond acceptors (Lipinski definition) is 3. The minimum Gasteiger partial charge on any atom is -0.352 e. The number of amides is 1. The maximum atomic E-state index is 12.0. The van der Waals surface area contributed by atoms with Gasteiger partial charge in [0.05, 0.1) is 9.92 Å². The summed E-state index contributed by atoms with van der Waals surface area (Å²) in [6.45, 7) is 0.437. The maximum absolute atomic E-state index is 12.0. The molecule has 8 heteroatoms. The van der Waals surface area contributed by atoms with Crippen molar-refractivity contribution in [2.75, 3.05) is 6.54 Å². The van der Waals surface area contributed by atoms with E-state index in [0.29, 0.717) is 23.6 Å². The van der Waals surface area contributed by atoms with E-state index < -0.39 is 10.0 Å². The van der Waals surface area contributed by atoms with Crippen LogP contribution < -0.4 is 10.5 Å². The molecular weight excluding hydrogens is 451 g/mol. The molecule has 2 aromatic carbocycles. The van der Waals surface area contributed by atoms with Crippen molar-refractivity contribution >= 4 is 50.1 Å². The van der Waals surface area contributed by atoms with Crippen molar-refractivity contribution in [2.24, 2.45) is 5.14 Å². The van der Waals surface area contributed by atoms with Crippen molar-refractivity contribution < 1.29 is 13.2 Å². The van der Waals surface area contributed by atoms with Crippen molar-refractivity contribution in [1.82, 2.24) is 5.32 Å². The molecule has 0 heterocycles. The number of halogens is 2. The highest BCUT2D eigenvalue weighted by molar-refractivity contribution is 14.1. The summed E-state index contributed by atoms with van der Waals surface area (Å²) in [7, 11) is -3.68. The molecule has 0 aliphatic heterocycles. The predicted octanol–water partition coefficient (Wildman–Crippen LogP) is 2.56. The number of primary sulfonamides is 1. The van der Waals surface area contributed by atoms with Gasteiger partial charge in [0.15, 0.2) is 0 Å². The molecule has 1 amide bonds. The van der Waals surface area contributed by atoms with E-state index >= 15 is 0 Å². The van der Waals surface area contributed by atoms with Crippen molar-refractivity contribution in [2.45, 2.75) is 11.3 Å². The average Bonchev–Trinajstić information content (AvgIpc) is 2.49. The third-order valence-electron chi connectivity index (χ3n) is 3.13. The highest BCUT2D eigenvalue weighted by Crippen LogP contribution is 2.19. The highest BCUT2D eigenvalue weighted by atomic mass is 127. The Kier molecular flexibility index (Phi) is 6.01. The fourth-order valence-corrected chi connectivity index (χ4v) is 3.05. The Balaban J connectivity index is 1.91. The number of nitrogens with one attached hydrogen (secondary N) is 1. The van der Waals surface area contributed by atoms with Crippen LogP contribution in [0.4, 0.5) is 0 Å². The first kappa shape index (κ1) is 18.2. The van der Waals surface area contributed by atoms with Crippen LogP contribution in [0.15, 0.2) is 47.4 Å². The summed E-state index contributed by atoms with van der Waals surface area (Å²) in [5.41, 5.74) is 1.45. The number of benzene rings is 2. The first-order valence-electron chi connectivity index (χ1n) is 6.62. The summed E-state index contributed by atoms with van der Waals surface area (Å²) in [5, 5.41) is 8.46. The Morgan fingerprint density at radius 3 is 2.39 bits per heavy atom. The van der Waals surface area contributed by atoms with E-state index in [1.807, 2.05) is 0 Å². The van der Waals surface area contributed by atoms with Gasteiger partial charge in [-0.05, 0) is 64.9 Å². The smallest absolute Gasteiger partial charge is 0.251 e. The molecule has 0 aromatic heterocycles. The lowest BCUT2D eigenvalue weighted by Crippen LogP contribution is -2.25. The Morgan fingerprint density at radius 2 is 1.83 bits per heavy atom. The molecular formula is C15H14ClIN2O3S. The fourth-order valence-electron chi connectivity index (χ4n) is 1.91. The van der Waals surface area contributed by atoms with E-state index in [1.165, 1.54) is 12.1 Å². The molecule has 122 valence electrons. The molecule has 0 fully saturated rings. The van der Waals surface area contributed by atoms with Crippen molar-refractivity contribution in [3.8, 4) is 0 Å². The van der Waals surface area contributed by atoms with Gasteiger partial charge in [-0.3, -0.25) is 4.79 Å². The summed E-state index contributed by atoms with van der Waals surface area (Å²) in [5.74, 6) is -0.180. The van der Waals surface area contributed by atoms with Gasteiger partial charge < -0.3 is 5.32 Å². The first-order chi connectivity index (χ1) is 10.8. The quantitative estimate of drug-likeness (QED) is 0.667. The number of carbonyl (C=O) groups excluding carboxylic acids is 1. The van der Waals surface area contributed by atoms with E-state index in [1.54, 1.807) is 30.3 Å². The molecule has 0 saturated carbocycles. The standard InChI is InChI=1S/C15H14ClIN2O3S/c16-13-6-3-11(9-14(13)17)15(20)19-8-7-10-1-4-12(5-2-10)23(18,21)22/h1-6,9H,7-8H2,(H,19,20)(H2,18,21,22). The number of sulfonamides is 1. The first-order valence-corrected chi connectivity index (χ1v) is 9.62. The average molecular weight is 465 g/mol. The maximum Gasteiger partial charge on any atom is 0.251 e. The Hall–Kier alpha value is -1.16. The second-order valence-electron chi connectivity index (χ2n) is 4.82. The second-order valence-corrected chi connectivity index (χ2v) is 7.95. The summed E-state index contributed by atoms with van der Waals surface area (Å²) in [4.78, 5) is 12.1. The molecule has 0 aliphatic rings. The number of carbonyl (C=O) groups is 1. The topological polar surface area (TPSA) is 89.3 Å². The van der Waals surface area contributed by atoms with E-state index in [2.05, 4.69) is 27.9 Å². The van der Waals surface area contributed by atoms with Gasteiger partial charge in [-0.2, -0.15) is 0 Å². The Bertz CT molecular complexity index is 823. The lowest BCUT2D eigenvalue weighted by atomic mass is 10.1. The molecule has 0 saturated heterocycles. The van der Waals surface area contributed by atoms with E-state index in [-0.39, 0.29) is 10.8 Å². The van der Waals surface area contributed by atoms with Crippen LogP contribution in [0.3, 0.4) is 0 Å². The van der Waals surface area contributed by atoms with Gasteiger partial charge in [-0.1, -0.05) is 23.7 Å². The molecule has 0 spiro atoms. The second kappa shape index (κ2) is 7.61. The van der Waals surface area contributed by atoms with Gasteiger partial charge in [0.2, 0.25) is 10.0 Å². The number of rotatable bonds is 5. The van der Waals surface area contributed by atoms with E-state index in [0.717, 1.165) is 9.13 Å². The summed E-state index contributed by atoms with van der Waals surface area (Å²) < 4.78 is 23.1. The van der Waals surface area contributed by atoms with E-state index in [9.17, 15) is 13.2 Å². The SMILES string of the molecule is NS(=O)(=O)c1ccc(CCNC(=O)c2ccc(Cl)c(I)c2)cc1. The van der Waals surface area contributed by atoms with Crippen LogP contribution in [0.2, 0.25) is 5.02 Å². The number of hydrogen-bond donors (Lipinski definition) is 2. The van der Waals surface area contributed by atoms with Crippen LogP contribution in [0.25, 0.3) is 0 Å². The molecule has 0 unspecified atom stereocenters. The van der Waals surface area contributed by atoms with Gasteiger partial charge >= 0.3 is 0 Å². The monoisotopic (exact) mass is 464 g/mol. The van der Waals surface area contributed by atoms with Crippen LogP contribution in [-0.2, 0) is 16.4 Å². The number of nitrogens with two attached hydrogens (primary N) is 1. The molecule has 23 heavy (non-hydrogen) atoms. The van der Waals surface area contributed by atoms with Crippen molar-refractivity contribution in [3.05, 3.63) is 62.2 Å². The summed E-state index contributed by atoms with van der Waals surface area (Å²) >= 11 is 7.99. The Morgan fingerprint density at radius 1 is 1.17 bits per heavy atom. The van der Waals surface area contributed by atoms with Gasteiger partial charge in [-0.25, -0.2) is 13.6 Å². The molecule has 5 nitrogen and oxygen atoms in total. The molecule has 2 rings (SSSR count). The molecule has 3 N–H and O–H groups in total. The zero-order valence-corrected chi connectivity index (χ0v) is 15.7. The normalized spacial score (nSPS) is 11.3. The third-order valence-corrected chi connectivity index (χ3v) is 5.60. The summed E-state index contributed by atoms with van der Waals surface area (Å²) in [6.07, 6.45) is 0.585. The fraction of sp³-hybridized carbons (Fsp3) is 0.133. The minimum absolute atomic E-state index is 0.0704. The van der Waals surface area contributed by atoms with Gasteiger partial charge in [0.25, 0.3) is 5.91 Å². The predicted molar refractivity (Wildman–Crippen MR) is 98.0 cm³/mol. The van der Waals surface area contributed by atoms with Crippen LogP contribution >= 0.6 is 34.2 Å². The lowest BCUT2D eigenvalue weighted by molar-refractivity contribution is 0.0954. The molecule has 0 aliphatic carbocycles. The molecule has 0 atom stereocenters. The Labute approximate surface area is 153 Å². The van der Waals surface area contributed by atoms with Crippen LogP contribution in [0.1, 0.15) is 15.9 Å². The van der Waals surface area contributed by atoms with Gasteiger partial charge in [0.1, 0.15) is 0 Å². The van der Waals surface area contributed by atoms with Crippen LogP contribution in [-0.4, -0.2) is 20.9 Å². The van der Waals surface area contributed by atoms with Crippen LogP contribution in [0, 0.1) is 3.57 Å². The molecule has 2 aromatic rings. The largest absolute Gasteiger partial charge is 0.352 e. The van der Waals surface area contributed by atoms with Crippen LogP contribution in [0.5, 0.6) is 0 Å².